The molecule has 0 radical (unpaired) electrons. The Morgan fingerprint density at radius 1 is 1.32 bits per heavy atom. The number of hydrogen-bond donors (Lipinski definition) is 1. The largest absolute Gasteiger partial charge is 0.350 e. The first-order chi connectivity index (χ1) is 9.06. The van der Waals surface area contributed by atoms with Gasteiger partial charge in [-0.2, -0.15) is 0 Å². The molecule has 0 bridgehead atoms. The van der Waals surface area contributed by atoms with Gasteiger partial charge < -0.3 is 10.2 Å². The lowest BCUT2D eigenvalue weighted by molar-refractivity contribution is -0.121. The number of para-hydroxylation sites is 1. The van der Waals surface area contributed by atoms with Gasteiger partial charge in [0.05, 0.1) is 11.4 Å². The molecule has 3 rings (SSSR count). The molecule has 4 heteroatoms. The van der Waals surface area contributed by atoms with Crippen LogP contribution in [0.5, 0.6) is 0 Å². The summed E-state index contributed by atoms with van der Waals surface area (Å²) in [5, 5.41) is 2.90. The molecule has 102 valence electrons. The molecule has 1 amide bonds. The molecule has 0 atom stereocenters. The van der Waals surface area contributed by atoms with Gasteiger partial charge in [-0.05, 0) is 38.8 Å². The Bertz CT molecular complexity index is 521. The monoisotopic (exact) mass is 262 g/mol. The molecule has 1 aromatic carbocycles. The summed E-state index contributed by atoms with van der Waals surface area (Å²) >= 11 is 0. The molecule has 1 aliphatic heterocycles. The van der Waals surface area contributed by atoms with E-state index in [9.17, 15) is 9.18 Å². The number of carbonyl (C=O) groups is 1. The minimum atomic E-state index is -0.552. The third-order valence-electron chi connectivity index (χ3n) is 4.31. The van der Waals surface area contributed by atoms with Crippen LogP contribution >= 0.6 is 0 Å². The van der Waals surface area contributed by atoms with Crippen LogP contribution in [-0.2, 0) is 4.79 Å². The average molecular weight is 262 g/mol. The fourth-order valence-corrected chi connectivity index (χ4v) is 3.60. The SMILES string of the molecule is CC(C)N1c2c(F)cccc2NC(=O)C12CCCC2. The third kappa shape index (κ3) is 1.66. The Kier molecular flexibility index (Phi) is 2.77. The number of amides is 1. The highest BCUT2D eigenvalue weighted by Gasteiger charge is 2.51. The van der Waals surface area contributed by atoms with E-state index in [0.29, 0.717) is 11.4 Å². The highest BCUT2D eigenvalue weighted by atomic mass is 19.1. The molecule has 1 aliphatic carbocycles. The van der Waals surface area contributed by atoms with Crippen LogP contribution in [-0.4, -0.2) is 17.5 Å². The molecule has 1 saturated carbocycles. The minimum Gasteiger partial charge on any atom is -0.350 e. The van der Waals surface area contributed by atoms with Crippen LogP contribution in [0.1, 0.15) is 39.5 Å². The van der Waals surface area contributed by atoms with Gasteiger partial charge in [-0.1, -0.05) is 18.9 Å². The van der Waals surface area contributed by atoms with Gasteiger partial charge in [0.25, 0.3) is 0 Å². The molecule has 0 unspecified atom stereocenters. The minimum absolute atomic E-state index is 0.0248. The fourth-order valence-electron chi connectivity index (χ4n) is 3.60. The summed E-state index contributed by atoms with van der Waals surface area (Å²) < 4.78 is 14.3. The molecule has 1 heterocycles. The average Bonchev–Trinajstić information content (AvgIpc) is 2.82. The van der Waals surface area contributed by atoms with Gasteiger partial charge in [0.2, 0.25) is 5.91 Å². The zero-order valence-corrected chi connectivity index (χ0v) is 11.4. The molecule has 0 saturated heterocycles. The maximum absolute atomic E-state index is 14.3. The van der Waals surface area contributed by atoms with E-state index < -0.39 is 5.54 Å². The van der Waals surface area contributed by atoms with Gasteiger partial charge in [0.15, 0.2) is 0 Å². The maximum atomic E-state index is 14.3. The quantitative estimate of drug-likeness (QED) is 0.842. The second-order valence-corrected chi connectivity index (χ2v) is 5.79. The smallest absolute Gasteiger partial charge is 0.250 e. The first-order valence-corrected chi connectivity index (χ1v) is 6.95. The molecule has 3 nitrogen and oxygen atoms in total. The van der Waals surface area contributed by atoms with Crippen molar-refractivity contribution < 1.29 is 9.18 Å². The number of benzene rings is 1. The summed E-state index contributed by atoms with van der Waals surface area (Å²) in [6.45, 7) is 4.05. The van der Waals surface area contributed by atoms with Crippen molar-refractivity contribution in [1.82, 2.24) is 0 Å². The van der Waals surface area contributed by atoms with E-state index in [0.717, 1.165) is 25.7 Å². The molecular formula is C15H19FN2O. The number of hydrogen-bond acceptors (Lipinski definition) is 2. The van der Waals surface area contributed by atoms with Crippen molar-refractivity contribution in [2.24, 2.45) is 0 Å². The maximum Gasteiger partial charge on any atom is 0.250 e. The lowest BCUT2D eigenvalue weighted by atomic mass is 9.88. The van der Waals surface area contributed by atoms with Crippen LogP contribution in [0.25, 0.3) is 0 Å². The van der Waals surface area contributed by atoms with Crippen molar-refractivity contribution in [3.05, 3.63) is 24.0 Å². The zero-order valence-electron chi connectivity index (χ0n) is 11.4. The van der Waals surface area contributed by atoms with Gasteiger partial charge in [-0.3, -0.25) is 4.79 Å². The zero-order chi connectivity index (χ0) is 13.6. The van der Waals surface area contributed by atoms with Gasteiger partial charge in [-0.15, -0.1) is 0 Å². The van der Waals surface area contributed by atoms with E-state index in [1.807, 2.05) is 18.7 Å². The number of nitrogens with zero attached hydrogens (tertiary/aromatic N) is 1. The second kappa shape index (κ2) is 4.22. The van der Waals surface area contributed by atoms with E-state index >= 15 is 0 Å². The van der Waals surface area contributed by atoms with Crippen molar-refractivity contribution in [3.8, 4) is 0 Å². The summed E-state index contributed by atoms with van der Waals surface area (Å²) in [6, 6.07) is 4.97. The Labute approximate surface area is 112 Å². The molecule has 1 N–H and O–H groups in total. The van der Waals surface area contributed by atoms with Gasteiger partial charge in [0.1, 0.15) is 11.4 Å². The molecule has 19 heavy (non-hydrogen) atoms. The van der Waals surface area contributed by atoms with Crippen LogP contribution in [0, 0.1) is 5.82 Å². The molecule has 1 aromatic rings. The lowest BCUT2D eigenvalue weighted by Gasteiger charge is -2.48. The summed E-state index contributed by atoms with van der Waals surface area (Å²) in [5.74, 6) is -0.228. The number of nitrogens with one attached hydrogen (secondary N) is 1. The molecule has 2 aliphatic rings. The van der Waals surface area contributed by atoms with Crippen LogP contribution in [0.4, 0.5) is 15.8 Å². The Morgan fingerprint density at radius 3 is 2.63 bits per heavy atom. The van der Waals surface area contributed by atoms with Crippen LogP contribution < -0.4 is 10.2 Å². The predicted molar refractivity (Wildman–Crippen MR) is 73.8 cm³/mol. The van der Waals surface area contributed by atoms with E-state index in [1.54, 1.807) is 12.1 Å². The number of fused-ring (bicyclic) bond motifs is 1. The Morgan fingerprint density at radius 2 is 2.00 bits per heavy atom. The van der Waals surface area contributed by atoms with Crippen molar-refractivity contribution >= 4 is 17.3 Å². The Balaban J connectivity index is 2.20. The van der Waals surface area contributed by atoms with Crippen LogP contribution in [0.2, 0.25) is 0 Å². The van der Waals surface area contributed by atoms with Crippen molar-refractivity contribution in [1.29, 1.82) is 0 Å². The first-order valence-electron chi connectivity index (χ1n) is 6.95. The Hall–Kier alpha value is -1.58. The van der Waals surface area contributed by atoms with Crippen LogP contribution in [0.3, 0.4) is 0 Å². The van der Waals surface area contributed by atoms with E-state index in [2.05, 4.69) is 5.32 Å². The molecule has 1 spiro atoms. The van der Waals surface area contributed by atoms with E-state index in [4.69, 9.17) is 0 Å². The van der Waals surface area contributed by atoms with Gasteiger partial charge in [0, 0.05) is 6.04 Å². The summed E-state index contributed by atoms with van der Waals surface area (Å²) in [5.41, 5.74) is 0.596. The van der Waals surface area contributed by atoms with E-state index in [-0.39, 0.29) is 17.8 Å². The molecule has 0 aromatic heterocycles. The second-order valence-electron chi connectivity index (χ2n) is 5.79. The summed E-state index contributed by atoms with van der Waals surface area (Å²) in [7, 11) is 0. The number of rotatable bonds is 1. The predicted octanol–water partition coefficient (Wildman–Crippen LogP) is 3.31. The van der Waals surface area contributed by atoms with Crippen LogP contribution in [0.15, 0.2) is 18.2 Å². The third-order valence-corrected chi connectivity index (χ3v) is 4.31. The topological polar surface area (TPSA) is 32.3 Å². The van der Waals surface area contributed by atoms with Gasteiger partial charge >= 0.3 is 0 Å². The van der Waals surface area contributed by atoms with Crippen molar-refractivity contribution in [3.63, 3.8) is 0 Å². The summed E-state index contributed by atoms with van der Waals surface area (Å²) in [6.07, 6.45) is 3.68. The normalized spacial score (nSPS) is 20.8. The highest BCUT2D eigenvalue weighted by molar-refractivity contribution is 6.07. The van der Waals surface area contributed by atoms with Crippen molar-refractivity contribution in [2.75, 3.05) is 10.2 Å². The van der Waals surface area contributed by atoms with Gasteiger partial charge in [-0.25, -0.2) is 4.39 Å². The van der Waals surface area contributed by atoms with E-state index in [1.165, 1.54) is 6.07 Å². The standard InChI is InChI=1S/C15H19FN2O/c1-10(2)18-13-11(16)6-5-7-12(13)17-14(19)15(18)8-3-4-9-15/h5-7,10H,3-4,8-9H2,1-2H3,(H,17,19). The number of halogens is 1. The summed E-state index contributed by atoms with van der Waals surface area (Å²) in [4.78, 5) is 14.5. The number of carbonyl (C=O) groups excluding carboxylic acids is 1. The lowest BCUT2D eigenvalue weighted by Crippen LogP contribution is -2.61. The number of anilines is 2. The highest BCUT2D eigenvalue weighted by Crippen LogP contribution is 2.47. The van der Waals surface area contributed by atoms with Crippen molar-refractivity contribution in [2.45, 2.75) is 51.1 Å². The molecule has 1 fully saturated rings. The fraction of sp³-hybridized carbons (Fsp3) is 0.533. The first kappa shape index (κ1) is 12.5. The molecular weight excluding hydrogens is 243 g/mol.